The van der Waals surface area contributed by atoms with Crippen LogP contribution in [0, 0.1) is 0 Å². The molecule has 136 valence electrons. The second-order valence-corrected chi connectivity index (χ2v) is 5.86. The summed E-state index contributed by atoms with van der Waals surface area (Å²) in [6, 6.07) is 10.7. The van der Waals surface area contributed by atoms with Gasteiger partial charge in [0.25, 0.3) is 0 Å². The van der Waals surface area contributed by atoms with E-state index in [-0.39, 0.29) is 0 Å². The topological polar surface area (TPSA) is 66.4 Å². The summed E-state index contributed by atoms with van der Waals surface area (Å²) >= 11 is 0. The molecular formula is C20H21NO5. The Balaban J connectivity index is 1.81. The van der Waals surface area contributed by atoms with Crippen molar-refractivity contribution in [3.05, 3.63) is 53.1 Å². The molecule has 6 nitrogen and oxygen atoms in total. The average Bonchev–Trinajstić information content (AvgIpc) is 2.70. The normalized spacial score (nSPS) is 14.5. The van der Waals surface area contributed by atoms with E-state index in [1.54, 1.807) is 25.3 Å². The highest BCUT2D eigenvalue weighted by molar-refractivity contribution is 6.03. The fourth-order valence-corrected chi connectivity index (χ4v) is 2.96. The lowest BCUT2D eigenvalue weighted by Gasteiger charge is -2.18. The zero-order valence-corrected chi connectivity index (χ0v) is 15.1. The maximum atomic E-state index is 12.3. The number of hydrogen-bond acceptors (Lipinski definition) is 6. The lowest BCUT2D eigenvalue weighted by molar-refractivity contribution is 0.0515. The number of benzene rings is 2. The standard InChI is InChI=1S/C20H21NO5/c1-23-15-9-7-13-5-4-6-17(16(13)12-15)21-26-20(22)14-8-10-18(24-2)19(11-14)25-3/h7-12H,4-6H2,1-3H3/b21-17-. The van der Waals surface area contributed by atoms with Gasteiger partial charge >= 0.3 is 5.97 Å². The van der Waals surface area contributed by atoms with Gasteiger partial charge in [0.2, 0.25) is 0 Å². The van der Waals surface area contributed by atoms with Crippen LogP contribution in [0.3, 0.4) is 0 Å². The van der Waals surface area contributed by atoms with Crippen molar-refractivity contribution < 1.29 is 23.8 Å². The molecule has 0 spiro atoms. The summed E-state index contributed by atoms with van der Waals surface area (Å²) in [6.45, 7) is 0. The first-order chi connectivity index (χ1) is 12.7. The van der Waals surface area contributed by atoms with Gasteiger partial charge in [-0.3, -0.25) is 0 Å². The molecule has 0 saturated carbocycles. The molecule has 0 saturated heterocycles. The number of carbonyl (C=O) groups excluding carboxylic acids is 1. The average molecular weight is 355 g/mol. The summed E-state index contributed by atoms with van der Waals surface area (Å²) in [4.78, 5) is 17.5. The van der Waals surface area contributed by atoms with Crippen molar-refractivity contribution in [1.29, 1.82) is 0 Å². The van der Waals surface area contributed by atoms with Crippen molar-refractivity contribution in [3.63, 3.8) is 0 Å². The zero-order chi connectivity index (χ0) is 18.5. The molecule has 26 heavy (non-hydrogen) atoms. The van der Waals surface area contributed by atoms with Gasteiger partial charge in [-0.2, -0.15) is 0 Å². The van der Waals surface area contributed by atoms with Crippen LogP contribution in [0.1, 0.15) is 34.3 Å². The number of oxime groups is 1. The minimum Gasteiger partial charge on any atom is -0.497 e. The molecule has 0 bridgehead atoms. The predicted molar refractivity (Wildman–Crippen MR) is 97.4 cm³/mol. The molecule has 0 radical (unpaired) electrons. The maximum absolute atomic E-state index is 12.3. The van der Waals surface area contributed by atoms with Gasteiger partial charge in [0.1, 0.15) is 5.75 Å². The van der Waals surface area contributed by atoms with Crippen LogP contribution in [0.4, 0.5) is 0 Å². The Morgan fingerprint density at radius 1 is 0.923 bits per heavy atom. The molecule has 2 aromatic carbocycles. The van der Waals surface area contributed by atoms with E-state index in [4.69, 9.17) is 19.0 Å². The Labute approximate surface area is 152 Å². The molecule has 1 aliphatic carbocycles. The Morgan fingerprint density at radius 3 is 2.46 bits per heavy atom. The highest BCUT2D eigenvalue weighted by Gasteiger charge is 2.18. The smallest absolute Gasteiger partial charge is 0.365 e. The fraction of sp³-hybridized carbons (Fsp3) is 0.300. The van der Waals surface area contributed by atoms with Crippen molar-refractivity contribution in [2.45, 2.75) is 19.3 Å². The quantitative estimate of drug-likeness (QED) is 0.605. The summed E-state index contributed by atoms with van der Waals surface area (Å²) in [7, 11) is 4.68. The van der Waals surface area contributed by atoms with E-state index >= 15 is 0 Å². The summed E-state index contributed by atoms with van der Waals surface area (Å²) < 4.78 is 15.7. The fourth-order valence-electron chi connectivity index (χ4n) is 2.96. The van der Waals surface area contributed by atoms with Gasteiger partial charge in [0, 0.05) is 5.56 Å². The molecule has 0 amide bonds. The lowest BCUT2D eigenvalue weighted by Crippen LogP contribution is -2.14. The molecular weight excluding hydrogens is 334 g/mol. The molecule has 0 N–H and O–H groups in total. The third-order valence-electron chi connectivity index (χ3n) is 4.35. The van der Waals surface area contributed by atoms with Gasteiger partial charge < -0.3 is 19.0 Å². The van der Waals surface area contributed by atoms with Gasteiger partial charge in [-0.25, -0.2) is 4.79 Å². The van der Waals surface area contributed by atoms with E-state index in [1.807, 2.05) is 18.2 Å². The summed E-state index contributed by atoms with van der Waals surface area (Å²) in [5.41, 5.74) is 3.24. The first-order valence-corrected chi connectivity index (χ1v) is 8.33. The number of hydrogen-bond donors (Lipinski definition) is 0. The van der Waals surface area contributed by atoms with E-state index in [0.29, 0.717) is 17.1 Å². The first-order valence-electron chi connectivity index (χ1n) is 8.33. The predicted octanol–water partition coefficient (Wildman–Crippen LogP) is 3.61. The van der Waals surface area contributed by atoms with Gasteiger partial charge in [0.05, 0.1) is 32.6 Å². The molecule has 0 aromatic heterocycles. The molecule has 0 aliphatic heterocycles. The molecule has 3 rings (SSSR count). The van der Waals surface area contributed by atoms with Crippen molar-refractivity contribution in [2.75, 3.05) is 21.3 Å². The Morgan fingerprint density at radius 2 is 1.73 bits per heavy atom. The van der Waals surface area contributed by atoms with Crippen molar-refractivity contribution >= 4 is 11.7 Å². The number of nitrogens with zero attached hydrogens (tertiary/aromatic N) is 1. The van der Waals surface area contributed by atoms with Crippen LogP contribution in [0.2, 0.25) is 0 Å². The number of methoxy groups -OCH3 is 3. The van der Waals surface area contributed by atoms with Crippen LogP contribution >= 0.6 is 0 Å². The van der Waals surface area contributed by atoms with Crippen LogP contribution in [-0.4, -0.2) is 33.0 Å². The largest absolute Gasteiger partial charge is 0.497 e. The summed E-state index contributed by atoms with van der Waals surface area (Å²) in [6.07, 6.45) is 2.69. The van der Waals surface area contributed by atoms with Crippen LogP contribution in [0.5, 0.6) is 17.2 Å². The Bertz CT molecular complexity index is 844. The van der Waals surface area contributed by atoms with Gasteiger partial charge in [-0.15, -0.1) is 0 Å². The third kappa shape index (κ3) is 3.64. The van der Waals surface area contributed by atoms with Crippen LogP contribution in [0.15, 0.2) is 41.6 Å². The van der Waals surface area contributed by atoms with Crippen molar-refractivity contribution in [2.24, 2.45) is 5.16 Å². The minimum absolute atomic E-state index is 0.341. The van der Waals surface area contributed by atoms with Crippen molar-refractivity contribution in [1.82, 2.24) is 0 Å². The summed E-state index contributed by atoms with van der Waals surface area (Å²) in [5, 5.41) is 4.11. The third-order valence-corrected chi connectivity index (χ3v) is 4.35. The van der Waals surface area contributed by atoms with E-state index in [1.165, 1.54) is 19.8 Å². The van der Waals surface area contributed by atoms with E-state index in [0.717, 1.165) is 36.3 Å². The number of rotatable bonds is 5. The molecule has 1 aliphatic rings. The number of ether oxygens (including phenoxy) is 3. The number of fused-ring (bicyclic) bond motifs is 1. The van der Waals surface area contributed by atoms with Crippen LogP contribution in [-0.2, 0) is 11.3 Å². The molecule has 6 heteroatoms. The molecule has 0 fully saturated rings. The molecule has 0 heterocycles. The van der Waals surface area contributed by atoms with E-state index < -0.39 is 5.97 Å². The SMILES string of the molecule is COc1ccc2c(c1)/C(=N\OC(=O)c1ccc(OC)c(OC)c1)CCC2. The first kappa shape index (κ1) is 17.8. The maximum Gasteiger partial charge on any atom is 0.365 e. The Kier molecular flexibility index (Phi) is 5.41. The minimum atomic E-state index is -0.548. The van der Waals surface area contributed by atoms with Gasteiger partial charge in [-0.1, -0.05) is 11.2 Å². The van der Waals surface area contributed by atoms with E-state index in [9.17, 15) is 4.79 Å². The lowest BCUT2D eigenvalue weighted by atomic mass is 9.90. The van der Waals surface area contributed by atoms with Gasteiger partial charge in [0.15, 0.2) is 11.5 Å². The monoisotopic (exact) mass is 355 g/mol. The molecule has 2 aromatic rings. The van der Waals surface area contributed by atoms with Gasteiger partial charge in [-0.05, 0) is 55.2 Å². The number of aryl methyl sites for hydroxylation is 1. The van der Waals surface area contributed by atoms with E-state index in [2.05, 4.69) is 5.16 Å². The van der Waals surface area contributed by atoms with Crippen molar-refractivity contribution in [3.8, 4) is 17.2 Å². The zero-order valence-electron chi connectivity index (χ0n) is 15.1. The Hall–Kier alpha value is -3.02. The van der Waals surface area contributed by atoms with Crippen LogP contribution in [0.25, 0.3) is 0 Å². The highest BCUT2D eigenvalue weighted by atomic mass is 16.7. The summed E-state index contributed by atoms with van der Waals surface area (Å²) in [5.74, 6) is 1.21. The molecule has 0 unspecified atom stereocenters. The second kappa shape index (κ2) is 7.91. The molecule has 0 atom stereocenters. The number of carbonyl (C=O) groups is 1. The van der Waals surface area contributed by atoms with Crippen LogP contribution < -0.4 is 14.2 Å². The highest BCUT2D eigenvalue weighted by Crippen LogP contribution is 2.28. The second-order valence-electron chi connectivity index (χ2n) is 5.86.